The van der Waals surface area contributed by atoms with E-state index in [1.165, 1.54) is 0 Å². The normalized spacial score (nSPS) is 14.8. The molecule has 0 N–H and O–H groups in total. The van der Waals surface area contributed by atoms with Crippen LogP contribution in [0, 0.1) is 4.91 Å². The van der Waals surface area contributed by atoms with Crippen molar-refractivity contribution in [1.82, 2.24) is 0 Å². The molecule has 0 unspecified atom stereocenters. The first kappa shape index (κ1) is 14.2. The Hall–Kier alpha value is -2.17. The summed E-state index contributed by atoms with van der Waals surface area (Å²) in [7, 11) is 0. The molecule has 1 heterocycles. The second kappa shape index (κ2) is 6.84. The number of benzene rings is 1. The maximum atomic E-state index is 11.4. The van der Waals surface area contributed by atoms with Crippen LogP contribution in [0.15, 0.2) is 41.1 Å². The van der Waals surface area contributed by atoms with Crippen molar-refractivity contribution >= 4 is 17.3 Å². The molecule has 0 atom stereocenters. The highest BCUT2D eigenvalue weighted by molar-refractivity contribution is 5.82. The van der Waals surface area contributed by atoms with Crippen molar-refractivity contribution in [3.8, 4) is 0 Å². The quantitative estimate of drug-likeness (QED) is 0.480. The van der Waals surface area contributed by atoms with E-state index in [4.69, 9.17) is 4.74 Å². The maximum Gasteiger partial charge on any atom is 0.330 e. The molecular weight excluding hydrogens is 256 g/mol. The molecule has 0 radical (unpaired) electrons. The standard InChI is InChI=1S/C15H18N2O3/c1-2-20-15(18)11-12-7-9-17(10-8-12)14-5-3-13(16-19)4-6-14/h3-6,11H,2,7-10H2,1H3. The van der Waals surface area contributed by atoms with Gasteiger partial charge in [-0.05, 0) is 49.2 Å². The number of carbonyl (C=O) groups excluding carboxylic acids is 1. The Morgan fingerprint density at radius 3 is 2.50 bits per heavy atom. The zero-order chi connectivity index (χ0) is 14.4. The molecule has 1 saturated heterocycles. The van der Waals surface area contributed by atoms with Gasteiger partial charge < -0.3 is 9.64 Å². The van der Waals surface area contributed by atoms with E-state index in [9.17, 15) is 9.70 Å². The fourth-order valence-corrected chi connectivity index (χ4v) is 2.27. The number of rotatable bonds is 4. The molecule has 106 valence electrons. The Kier molecular flexibility index (Phi) is 4.87. The van der Waals surface area contributed by atoms with Crippen molar-refractivity contribution in [3.63, 3.8) is 0 Å². The van der Waals surface area contributed by atoms with Gasteiger partial charge in [0.25, 0.3) is 0 Å². The van der Waals surface area contributed by atoms with E-state index in [0.717, 1.165) is 37.2 Å². The van der Waals surface area contributed by atoms with E-state index >= 15 is 0 Å². The maximum absolute atomic E-state index is 11.4. The van der Waals surface area contributed by atoms with Crippen molar-refractivity contribution in [1.29, 1.82) is 0 Å². The summed E-state index contributed by atoms with van der Waals surface area (Å²) in [6.45, 7) is 3.93. The summed E-state index contributed by atoms with van der Waals surface area (Å²) in [6, 6.07) is 7.23. The fraction of sp³-hybridized carbons (Fsp3) is 0.400. The van der Waals surface area contributed by atoms with E-state index in [-0.39, 0.29) is 5.97 Å². The third-order valence-electron chi connectivity index (χ3n) is 3.33. The molecule has 0 aliphatic carbocycles. The average Bonchev–Trinajstić information content (AvgIpc) is 2.48. The van der Waals surface area contributed by atoms with Crippen molar-refractivity contribution < 1.29 is 9.53 Å². The molecule has 0 amide bonds. The molecule has 1 aliphatic rings. The first-order chi connectivity index (χ1) is 9.72. The van der Waals surface area contributed by atoms with Gasteiger partial charge in [-0.25, -0.2) is 4.79 Å². The molecule has 5 nitrogen and oxygen atoms in total. The number of hydrogen-bond donors (Lipinski definition) is 0. The molecule has 0 bridgehead atoms. The van der Waals surface area contributed by atoms with Gasteiger partial charge in [-0.3, -0.25) is 0 Å². The van der Waals surface area contributed by atoms with Crippen LogP contribution in [0.5, 0.6) is 0 Å². The molecule has 1 fully saturated rings. The van der Waals surface area contributed by atoms with E-state index < -0.39 is 0 Å². The molecule has 1 aliphatic heterocycles. The van der Waals surface area contributed by atoms with E-state index in [0.29, 0.717) is 12.3 Å². The molecule has 0 spiro atoms. The lowest BCUT2D eigenvalue weighted by Crippen LogP contribution is -2.30. The van der Waals surface area contributed by atoms with Gasteiger partial charge in [0.05, 0.1) is 6.61 Å². The predicted octanol–water partition coefficient (Wildman–Crippen LogP) is 3.17. The van der Waals surface area contributed by atoms with Crippen molar-refractivity contribution in [2.24, 2.45) is 5.18 Å². The lowest BCUT2D eigenvalue weighted by molar-refractivity contribution is -0.137. The highest BCUT2D eigenvalue weighted by Gasteiger charge is 2.15. The Balaban J connectivity index is 1.93. The minimum absolute atomic E-state index is 0.252. The Labute approximate surface area is 118 Å². The smallest absolute Gasteiger partial charge is 0.330 e. The van der Waals surface area contributed by atoms with Gasteiger partial charge in [0.2, 0.25) is 0 Å². The second-order valence-corrected chi connectivity index (χ2v) is 4.65. The Morgan fingerprint density at radius 2 is 1.95 bits per heavy atom. The predicted molar refractivity (Wildman–Crippen MR) is 78.1 cm³/mol. The van der Waals surface area contributed by atoms with Crippen LogP contribution in [-0.4, -0.2) is 25.7 Å². The molecule has 1 aromatic rings. The highest BCUT2D eigenvalue weighted by atomic mass is 16.5. The summed E-state index contributed by atoms with van der Waals surface area (Å²) < 4.78 is 4.91. The van der Waals surface area contributed by atoms with Gasteiger partial charge in [0.15, 0.2) is 0 Å². The number of anilines is 1. The van der Waals surface area contributed by atoms with Crippen molar-refractivity contribution in [3.05, 3.63) is 40.8 Å². The van der Waals surface area contributed by atoms with E-state index in [1.54, 1.807) is 25.1 Å². The van der Waals surface area contributed by atoms with Gasteiger partial charge in [-0.2, -0.15) is 0 Å². The van der Waals surface area contributed by atoms with Crippen LogP contribution < -0.4 is 4.90 Å². The van der Waals surface area contributed by atoms with Gasteiger partial charge >= 0.3 is 5.97 Å². The highest BCUT2D eigenvalue weighted by Crippen LogP contribution is 2.24. The van der Waals surface area contributed by atoms with Crippen molar-refractivity contribution in [2.45, 2.75) is 19.8 Å². The fourth-order valence-electron chi connectivity index (χ4n) is 2.27. The Bertz CT molecular complexity index is 498. The van der Waals surface area contributed by atoms with Crippen LogP contribution >= 0.6 is 0 Å². The largest absolute Gasteiger partial charge is 0.463 e. The topological polar surface area (TPSA) is 59.0 Å². The van der Waals surface area contributed by atoms with E-state index in [2.05, 4.69) is 10.1 Å². The summed E-state index contributed by atoms with van der Waals surface area (Å²) in [5.41, 5.74) is 2.65. The van der Waals surface area contributed by atoms with Crippen LogP contribution in [0.25, 0.3) is 0 Å². The van der Waals surface area contributed by atoms with Crippen LogP contribution in [0.3, 0.4) is 0 Å². The zero-order valence-corrected chi connectivity index (χ0v) is 11.5. The summed E-state index contributed by atoms with van der Waals surface area (Å²) in [4.78, 5) is 24.0. The minimum atomic E-state index is -0.252. The molecule has 0 saturated carbocycles. The van der Waals surface area contributed by atoms with Crippen LogP contribution in [-0.2, 0) is 9.53 Å². The first-order valence-electron chi connectivity index (χ1n) is 6.77. The SMILES string of the molecule is CCOC(=O)C=C1CCN(c2ccc(N=O)cc2)CC1. The molecule has 0 aromatic heterocycles. The number of piperidine rings is 1. The number of carbonyl (C=O) groups is 1. The van der Waals surface area contributed by atoms with Gasteiger partial charge in [-0.15, -0.1) is 4.91 Å². The first-order valence-corrected chi connectivity index (χ1v) is 6.77. The van der Waals surface area contributed by atoms with E-state index in [1.807, 2.05) is 12.1 Å². The number of hydrogen-bond acceptors (Lipinski definition) is 5. The number of nitroso groups, excluding NO2 is 1. The zero-order valence-electron chi connectivity index (χ0n) is 11.5. The third kappa shape index (κ3) is 3.66. The minimum Gasteiger partial charge on any atom is -0.463 e. The Morgan fingerprint density at radius 1 is 1.30 bits per heavy atom. The summed E-state index contributed by atoms with van der Waals surface area (Å²) in [5.74, 6) is -0.252. The summed E-state index contributed by atoms with van der Waals surface area (Å²) in [6.07, 6.45) is 3.32. The molecule has 2 rings (SSSR count). The second-order valence-electron chi connectivity index (χ2n) is 4.65. The average molecular weight is 274 g/mol. The van der Waals surface area contributed by atoms with Gasteiger partial charge in [0, 0.05) is 24.9 Å². The van der Waals surface area contributed by atoms with Crippen LogP contribution in [0.1, 0.15) is 19.8 Å². The molecule has 20 heavy (non-hydrogen) atoms. The lowest BCUT2D eigenvalue weighted by Gasteiger charge is -2.30. The number of ether oxygens (including phenoxy) is 1. The van der Waals surface area contributed by atoms with Crippen LogP contribution in [0.4, 0.5) is 11.4 Å². The third-order valence-corrected chi connectivity index (χ3v) is 3.33. The number of esters is 1. The van der Waals surface area contributed by atoms with Crippen molar-refractivity contribution in [2.75, 3.05) is 24.6 Å². The molecular formula is C15H18N2O3. The monoisotopic (exact) mass is 274 g/mol. The van der Waals surface area contributed by atoms with Gasteiger partial charge in [0.1, 0.15) is 5.69 Å². The molecule has 1 aromatic carbocycles. The number of nitrogens with zero attached hydrogens (tertiary/aromatic N) is 2. The molecule has 5 heteroatoms. The summed E-state index contributed by atoms with van der Waals surface area (Å²) >= 11 is 0. The lowest BCUT2D eigenvalue weighted by atomic mass is 10.0. The van der Waals surface area contributed by atoms with Gasteiger partial charge in [-0.1, -0.05) is 5.57 Å². The van der Waals surface area contributed by atoms with Crippen LogP contribution in [0.2, 0.25) is 0 Å². The summed E-state index contributed by atoms with van der Waals surface area (Å²) in [5, 5.41) is 2.89.